The Morgan fingerprint density at radius 1 is 1.00 bits per heavy atom. The molecule has 7 nitrogen and oxygen atoms in total. The average molecular weight is 501 g/mol. The van der Waals surface area contributed by atoms with Gasteiger partial charge in [0, 0.05) is 13.6 Å². The minimum absolute atomic E-state index is 0.0210. The minimum Gasteiger partial charge on any atom is -0.452 e. The minimum atomic E-state index is -3.90. The predicted molar refractivity (Wildman–Crippen MR) is 130 cm³/mol. The molecule has 0 unspecified atom stereocenters. The first-order valence-corrected chi connectivity index (χ1v) is 12.3. The van der Waals surface area contributed by atoms with E-state index in [1.54, 1.807) is 0 Å². The van der Waals surface area contributed by atoms with Gasteiger partial charge in [0.05, 0.1) is 21.5 Å². The summed E-state index contributed by atoms with van der Waals surface area (Å²) >= 11 is 6.12. The third kappa shape index (κ3) is 6.44. The van der Waals surface area contributed by atoms with Crippen LogP contribution in [0.5, 0.6) is 0 Å². The van der Waals surface area contributed by atoms with Crippen LogP contribution in [0, 0.1) is 0 Å². The first-order valence-electron chi connectivity index (χ1n) is 10.5. The molecule has 34 heavy (non-hydrogen) atoms. The molecule has 178 valence electrons. The highest BCUT2D eigenvalue weighted by Gasteiger charge is 2.24. The molecule has 3 aromatic carbocycles. The highest BCUT2D eigenvalue weighted by molar-refractivity contribution is 7.89. The second-order valence-electron chi connectivity index (χ2n) is 7.66. The number of nitrogens with one attached hydrogen (secondary N) is 1. The maximum Gasteiger partial charge on any atom is 0.340 e. The van der Waals surface area contributed by atoms with Crippen LogP contribution in [-0.2, 0) is 26.1 Å². The van der Waals surface area contributed by atoms with Gasteiger partial charge in [0.15, 0.2) is 6.61 Å². The molecular formula is C25H25ClN2O5S. The number of rotatable bonds is 9. The van der Waals surface area contributed by atoms with E-state index in [0.717, 1.165) is 17.2 Å². The summed E-state index contributed by atoms with van der Waals surface area (Å²) in [6, 6.07) is 22.0. The molecule has 0 aliphatic heterocycles. The molecule has 0 heterocycles. The number of sulfonamides is 1. The number of carbonyl (C=O) groups is 2. The number of nitrogens with zero attached hydrogens (tertiary/aromatic N) is 1. The van der Waals surface area contributed by atoms with Gasteiger partial charge in [-0.1, -0.05) is 72.3 Å². The lowest BCUT2D eigenvalue weighted by atomic mass is 10.1. The summed E-state index contributed by atoms with van der Waals surface area (Å²) < 4.78 is 32.3. The summed E-state index contributed by atoms with van der Waals surface area (Å²) in [7, 11) is -2.45. The normalized spacial score (nSPS) is 12.2. The van der Waals surface area contributed by atoms with Crippen molar-refractivity contribution >= 4 is 33.5 Å². The molecule has 0 spiro atoms. The van der Waals surface area contributed by atoms with E-state index in [-0.39, 0.29) is 28.1 Å². The molecule has 1 amide bonds. The predicted octanol–water partition coefficient (Wildman–Crippen LogP) is 4.19. The molecule has 0 bridgehead atoms. The Kier molecular flexibility index (Phi) is 8.44. The van der Waals surface area contributed by atoms with Gasteiger partial charge in [-0.25, -0.2) is 13.2 Å². The SMILES string of the molecule is C[C@H](NC(=O)COC(=O)c1cc(S(=O)(=O)N(C)Cc2ccccc2)ccc1Cl)c1ccccc1. The lowest BCUT2D eigenvalue weighted by Gasteiger charge is -2.18. The van der Waals surface area contributed by atoms with Gasteiger partial charge in [0.25, 0.3) is 5.91 Å². The summed E-state index contributed by atoms with van der Waals surface area (Å²) in [6.45, 7) is 1.44. The number of ether oxygens (including phenoxy) is 1. The molecule has 0 aromatic heterocycles. The first-order chi connectivity index (χ1) is 16.2. The van der Waals surface area contributed by atoms with E-state index >= 15 is 0 Å². The maximum atomic E-state index is 13.0. The van der Waals surface area contributed by atoms with Gasteiger partial charge in [-0.3, -0.25) is 4.79 Å². The molecule has 1 atom stereocenters. The summed E-state index contributed by atoms with van der Waals surface area (Å²) in [5, 5.41) is 2.76. The van der Waals surface area contributed by atoms with E-state index in [9.17, 15) is 18.0 Å². The Hall–Kier alpha value is -3.20. The fourth-order valence-corrected chi connectivity index (χ4v) is 4.62. The number of hydrogen-bond donors (Lipinski definition) is 1. The fourth-order valence-electron chi connectivity index (χ4n) is 3.24. The van der Waals surface area contributed by atoms with E-state index in [4.69, 9.17) is 16.3 Å². The average Bonchev–Trinajstić information content (AvgIpc) is 2.83. The monoisotopic (exact) mass is 500 g/mol. The Balaban J connectivity index is 1.66. The second kappa shape index (κ2) is 11.3. The molecule has 0 aliphatic rings. The van der Waals surface area contributed by atoms with Crippen LogP contribution in [0.15, 0.2) is 83.8 Å². The molecular weight excluding hydrogens is 476 g/mol. The number of amides is 1. The van der Waals surface area contributed by atoms with E-state index in [0.29, 0.717) is 0 Å². The summed E-state index contributed by atoms with van der Waals surface area (Å²) in [5.74, 6) is -1.39. The molecule has 3 aromatic rings. The van der Waals surface area contributed by atoms with Gasteiger partial charge in [-0.05, 0) is 36.2 Å². The van der Waals surface area contributed by atoms with Crippen LogP contribution in [0.25, 0.3) is 0 Å². The summed E-state index contributed by atoms with van der Waals surface area (Å²) in [5.41, 5.74) is 1.58. The van der Waals surface area contributed by atoms with Crippen molar-refractivity contribution < 1.29 is 22.7 Å². The molecule has 0 aliphatic carbocycles. The standard InChI is InChI=1S/C25H25ClN2O5S/c1-18(20-11-7-4-8-12-20)27-24(29)17-33-25(30)22-15-21(13-14-23(22)26)34(31,32)28(2)16-19-9-5-3-6-10-19/h3-15,18H,16-17H2,1-2H3,(H,27,29)/t18-/m0/s1. The summed E-state index contributed by atoms with van der Waals surface area (Å²) in [6.07, 6.45) is 0. The van der Waals surface area contributed by atoms with Crippen LogP contribution >= 0.6 is 11.6 Å². The zero-order valence-corrected chi connectivity index (χ0v) is 20.3. The van der Waals surface area contributed by atoms with Gasteiger partial charge in [-0.15, -0.1) is 0 Å². The van der Waals surface area contributed by atoms with Crippen LogP contribution in [-0.4, -0.2) is 38.3 Å². The fraction of sp³-hybridized carbons (Fsp3) is 0.200. The third-order valence-corrected chi connectivity index (χ3v) is 7.25. The van der Waals surface area contributed by atoms with E-state index < -0.39 is 28.5 Å². The Labute approximate surface area is 204 Å². The van der Waals surface area contributed by atoms with Crippen LogP contribution in [0.4, 0.5) is 0 Å². The number of benzene rings is 3. The summed E-state index contributed by atoms with van der Waals surface area (Å²) in [4.78, 5) is 24.7. The molecule has 1 N–H and O–H groups in total. The van der Waals surface area contributed by atoms with Gasteiger partial charge >= 0.3 is 5.97 Å². The van der Waals surface area contributed by atoms with Crippen molar-refractivity contribution in [2.24, 2.45) is 0 Å². The molecule has 0 fully saturated rings. The zero-order chi connectivity index (χ0) is 24.7. The Morgan fingerprint density at radius 3 is 2.26 bits per heavy atom. The number of carbonyl (C=O) groups excluding carboxylic acids is 2. The second-order valence-corrected chi connectivity index (χ2v) is 10.1. The number of esters is 1. The van der Waals surface area contributed by atoms with Gasteiger partial charge in [0.2, 0.25) is 10.0 Å². The highest BCUT2D eigenvalue weighted by Crippen LogP contribution is 2.24. The Bertz CT molecular complexity index is 1250. The number of hydrogen-bond acceptors (Lipinski definition) is 5. The first kappa shape index (κ1) is 25.4. The van der Waals surface area contributed by atoms with Crippen molar-refractivity contribution in [1.29, 1.82) is 0 Å². The molecule has 0 radical (unpaired) electrons. The van der Waals surface area contributed by atoms with Crippen molar-refractivity contribution in [1.82, 2.24) is 9.62 Å². The van der Waals surface area contributed by atoms with E-state index in [2.05, 4.69) is 5.32 Å². The van der Waals surface area contributed by atoms with Crippen molar-refractivity contribution in [2.75, 3.05) is 13.7 Å². The smallest absolute Gasteiger partial charge is 0.340 e. The van der Waals surface area contributed by atoms with Crippen molar-refractivity contribution in [2.45, 2.75) is 24.4 Å². The number of halogens is 1. The third-order valence-electron chi connectivity index (χ3n) is 5.13. The van der Waals surface area contributed by atoms with Crippen LogP contribution in [0.1, 0.15) is 34.5 Å². The molecule has 0 saturated carbocycles. The van der Waals surface area contributed by atoms with Crippen LogP contribution < -0.4 is 5.32 Å². The van der Waals surface area contributed by atoms with Gasteiger partial charge in [-0.2, -0.15) is 4.31 Å². The van der Waals surface area contributed by atoms with Gasteiger partial charge in [0.1, 0.15) is 0 Å². The molecule has 0 saturated heterocycles. The van der Waals surface area contributed by atoms with Crippen molar-refractivity contribution in [3.63, 3.8) is 0 Å². The topological polar surface area (TPSA) is 92.8 Å². The molecule has 9 heteroatoms. The van der Waals surface area contributed by atoms with Gasteiger partial charge < -0.3 is 10.1 Å². The lowest BCUT2D eigenvalue weighted by Crippen LogP contribution is -2.31. The highest BCUT2D eigenvalue weighted by atomic mass is 35.5. The van der Waals surface area contributed by atoms with Crippen molar-refractivity contribution in [3.8, 4) is 0 Å². The Morgan fingerprint density at radius 2 is 1.62 bits per heavy atom. The lowest BCUT2D eigenvalue weighted by molar-refractivity contribution is -0.124. The largest absolute Gasteiger partial charge is 0.452 e. The van der Waals surface area contributed by atoms with E-state index in [1.165, 1.54) is 23.5 Å². The quantitative estimate of drug-likeness (QED) is 0.444. The molecule has 3 rings (SSSR count). The maximum absolute atomic E-state index is 13.0. The van der Waals surface area contributed by atoms with Crippen LogP contribution in [0.3, 0.4) is 0 Å². The van der Waals surface area contributed by atoms with E-state index in [1.807, 2.05) is 67.6 Å². The van der Waals surface area contributed by atoms with Crippen molar-refractivity contribution in [3.05, 3.63) is 101 Å². The zero-order valence-electron chi connectivity index (χ0n) is 18.8. The van der Waals surface area contributed by atoms with Crippen LogP contribution in [0.2, 0.25) is 5.02 Å².